The lowest BCUT2D eigenvalue weighted by atomic mass is 10.1. The fourth-order valence-corrected chi connectivity index (χ4v) is 5.35. The summed E-state index contributed by atoms with van der Waals surface area (Å²) in [5, 5.41) is 18.4. The quantitative estimate of drug-likeness (QED) is 0.114. The molecule has 1 aliphatic rings. The number of alkyl halides is 3. The zero-order valence-electron chi connectivity index (χ0n) is 27.4. The fourth-order valence-electron chi connectivity index (χ4n) is 5.35. The first-order chi connectivity index (χ1) is 24.7. The number of hydrogen-bond acceptors (Lipinski definition) is 10. The number of benzene rings is 4. The third kappa shape index (κ3) is 9.93. The molecule has 1 saturated heterocycles. The van der Waals surface area contributed by atoms with Crippen LogP contribution in [0.15, 0.2) is 107 Å². The van der Waals surface area contributed by atoms with E-state index in [1.165, 1.54) is 30.5 Å². The van der Waals surface area contributed by atoms with Crippen molar-refractivity contribution in [2.24, 2.45) is 5.10 Å². The first-order valence-electron chi connectivity index (χ1n) is 16.2. The molecule has 14 heteroatoms. The van der Waals surface area contributed by atoms with Crippen LogP contribution in [-0.2, 0) is 30.7 Å². The largest absolute Gasteiger partial charge is 0.507 e. The maximum atomic E-state index is 13.2. The minimum Gasteiger partial charge on any atom is -0.507 e. The predicted octanol–water partition coefficient (Wildman–Crippen LogP) is 5.89. The summed E-state index contributed by atoms with van der Waals surface area (Å²) in [6.07, 6.45) is -3.12. The van der Waals surface area contributed by atoms with Crippen LogP contribution >= 0.6 is 0 Å². The number of carbonyl (C=O) groups excluding carboxylic acids is 1. The van der Waals surface area contributed by atoms with Crippen molar-refractivity contribution in [1.29, 1.82) is 0 Å². The third-order valence-corrected chi connectivity index (χ3v) is 8.10. The number of amides is 1. The molecule has 0 bridgehead atoms. The highest BCUT2D eigenvalue weighted by atomic mass is 19.4. The van der Waals surface area contributed by atoms with Gasteiger partial charge in [0.2, 0.25) is 11.7 Å². The third-order valence-electron chi connectivity index (χ3n) is 8.10. The van der Waals surface area contributed by atoms with Gasteiger partial charge in [0.05, 0.1) is 24.9 Å². The van der Waals surface area contributed by atoms with Crippen LogP contribution in [-0.4, -0.2) is 69.9 Å². The van der Waals surface area contributed by atoms with Gasteiger partial charge in [-0.3, -0.25) is 14.6 Å². The van der Waals surface area contributed by atoms with Crippen LogP contribution in [0.4, 0.5) is 13.2 Å². The highest BCUT2D eigenvalue weighted by Gasteiger charge is 2.34. The van der Waals surface area contributed by atoms with Gasteiger partial charge >= 0.3 is 6.18 Å². The van der Waals surface area contributed by atoms with Crippen LogP contribution in [0.3, 0.4) is 0 Å². The van der Waals surface area contributed by atoms with E-state index < -0.39 is 11.7 Å². The van der Waals surface area contributed by atoms with Crippen molar-refractivity contribution in [2.75, 3.05) is 32.7 Å². The van der Waals surface area contributed by atoms with E-state index in [-0.39, 0.29) is 30.6 Å². The van der Waals surface area contributed by atoms with Crippen molar-refractivity contribution in [2.45, 2.75) is 25.9 Å². The molecular formula is C37H35F3N6O5. The van der Waals surface area contributed by atoms with Crippen molar-refractivity contribution in [3.05, 3.63) is 125 Å². The van der Waals surface area contributed by atoms with Crippen molar-refractivity contribution < 1.29 is 37.1 Å². The molecule has 0 spiro atoms. The van der Waals surface area contributed by atoms with Crippen LogP contribution in [0.2, 0.25) is 0 Å². The van der Waals surface area contributed by atoms with E-state index in [0.717, 1.165) is 11.6 Å². The molecule has 6 rings (SSSR count). The highest BCUT2D eigenvalue weighted by molar-refractivity contribution is 5.85. The lowest BCUT2D eigenvalue weighted by Gasteiger charge is -2.33. The number of aromatic nitrogens is 2. The molecule has 2 heterocycles. The van der Waals surface area contributed by atoms with Gasteiger partial charge in [0, 0.05) is 43.4 Å². The summed E-state index contributed by atoms with van der Waals surface area (Å²) < 4.78 is 56.4. The van der Waals surface area contributed by atoms with Gasteiger partial charge in [-0.15, -0.1) is 0 Å². The molecule has 4 aromatic carbocycles. The van der Waals surface area contributed by atoms with Gasteiger partial charge in [0.25, 0.3) is 5.91 Å². The zero-order chi connectivity index (χ0) is 35.6. The number of hydrogen-bond donors (Lipinski definition) is 2. The second kappa shape index (κ2) is 16.3. The summed E-state index contributed by atoms with van der Waals surface area (Å²) in [5.41, 5.74) is 4.53. The normalized spacial score (nSPS) is 14.1. The fraction of sp³-hybridized carbons (Fsp3) is 0.243. The second-order valence-electron chi connectivity index (χ2n) is 11.8. The Kier molecular flexibility index (Phi) is 11.2. The molecule has 1 amide bonds. The van der Waals surface area contributed by atoms with E-state index in [9.17, 15) is 23.1 Å². The zero-order valence-corrected chi connectivity index (χ0v) is 27.4. The second-order valence-corrected chi connectivity index (χ2v) is 11.8. The lowest BCUT2D eigenvalue weighted by Crippen LogP contribution is -2.48. The molecule has 0 radical (unpaired) electrons. The van der Waals surface area contributed by atoms with Gasteiger partial charge in [0.15, 0.2) is 0 Å². The molecule has 1 fully saturated rings. The summed E-state index contributed by atoms with van der Waals surface area (Å²) in [6.45, 7) is 3.65. The standard InChI is InChI=1S/C37H35F3N6O5/c38-37(39,40)31-8-4-5-9-33(31)50-25-27-10-12-28(13-11-27)36-42-35(51-44-36)23-46-18-16-45(17-19-46)22-34(48)43-41-21-29-14-15-30(20-32(29)47)49-24-26-6-2-1-3-7-26/h1-15,20-21,47H,16-19,22-25H2,(H,43,48)/b41-21+. The molecule has 11 nitrogen and oxygen atoms in total. The first-order valence-corrected chi connectivity index (χ1v) is 16.2. The Bertz CT molecular complexity index is 1930. The number of nitrogens with one attached hydrogen (secondary N) is 1. The predicted molar refractivity (Wildman–Crippen MR) is 182 cm³/mol. The van der Waals surface area contributed by atoms with Gasteiger partial charge in [-0.1, -0.05) is 71.9 Å². The van der Waals surface area contributed by atoms with E-state index in [4.69, 9.17) is 14.0 Å². The minimum absolute atomic E-state index is 0.0146. The molecular weight excluding hydrogens is 665 g/mol. The summed E-state index contributed by atoms with van der Waals surface area (Å²) >= 11 is 0. The number of phenolic OH excluding ortho intramolecular Hbond substituents is 1. The van der Waals surface area contributed by atoms with Crippen molar-refractivity contribution in [1.82, 2.24) is 25.4 Å². The Hall–Kier alpha value is -5.73. The molecule has 0 saturated carbocycles. The average Bonchev–Trinajstić information content (AvgIpc) is 3.60. The number of hydrazone groups is 1. The monoisotopic (exact) mass is 700 g/mol. The van der Waals surface area contributed by atoms with Gasteiger partial charge < -0.3 is 19.1 Å². The number of halogens is 3. The number of piperazine rings is 1. The van der Waals surface area contributed by atoms with E-state index >= 15 is 0 Å². The van der Waals surface area contributed by atoms with E-state index in [2.05, 4.69) is 25.6 Å². The number of phenols is 1. The van der Waals surface area contributed by atoms with Crippen LogP contribution in [0.1, 0.15) is 28.1 Å². The van der Waals surface area contributed by atoms with Crippen molar-refractivity contribution >= 4 is 12.1 Å². The van der Waals surface area contributed by atoms with Crippen molar-refractivity contribution in [3.8, 4) is 28.6 Å². The summed E-state index contributed by atoms with van der Waals surface area (Å²) in [5.74, 6) is 0.852. The number of carbonyl (C=O) groups is 1. The summed E-state index contributed by atoms with van der Waals surface area (Å²) in [6, 6.07) is 26.7. The minimum atomic E-state index is -4.50. The van der Waals surface area contributed by atoms with Gasteiger partial charge in [-0.05, 0) is 35.4 Å². The topological polar surface area (TPSA) is 126 Å². The van der Waals surface area contributed by atoms with Crippen LogP contribution in [0.25, 0.3) is 11.4 Å². The molecule has 1 aliphatic heterocycles. The van der Waals surface area contributed by atoms with E-state index in [1.807, 2.05) is 35.2 Å². The molecule has 1 aromatic heterocycles. The first kappa shape index (κ1) is 35.1. The number of para-hydroxylation sites is 1. The van der Waals surface area contributed by atoms with Gasteiger partial charge in [-0.25, -0.2) is 5.43 Å². The molecule has 5 aromatic rings. The summed E-state index contributed by atoms with van der Waals surface area (Å²) in [7, 11) is 0. The molecule has 0 atom stereocenters. The number of nitrogens with zero attached hydrogens (tertiary/aromatic N) is 5. The maximum Gasteiger partial charge on any atom is 0.419 e. The van der Waals surface area contributed by atoms with Gasteiger partial charge in [0.1, 0.15) is 30.5 Å². The van der Waals surface area contributed by atoms with E-state index in [0.29, 0.717) is 73.5 Å². The SMILES string of the molecule is O=C(CN1CCN(Cc2nc(-c3ccc(COc4ccccc4C(F)(F)F)cc3)no2)CC1)N/N=C/c1ccc(OCc2ccccc2)cc1O. The average molecular weight is 701 g/mol. The Labute approximate surface area is 291 Å². The summed E-state index contributed by atoms with van der Waals surface area (Å²) in [4.78, 5) is 21.2. The number of ether oxygens (including phenoxy) is 2. The molecule has 51 heavy (non-hydrogen) atoms. The van der Waals surface area contributed by atoms with Gasteiger partial charge in [-0.2, -0.15) is 23.3 Å². The number of aromatic hydroxyl groups is 1. The van der Waals surface area contributed by atoms with Crippen molar-refractivity contribution in [3.63, 3.8) is 0 Å². The highest BCUT2D eigenvalue weighted by Crippen LogP contribution is 2.36. The smallest absolute Gasteiger partial charge is 0.419 e. The molecule has 2 N–H and O–H groups in total. The Morgan fingerprint density at radius 1 is 0.882 bits per heavy atom. The molecule has 0 unspecified atom stereocenters. The lowest BCUT2D eigenvalue weighted by molar-refractivity contribution is -0.139. The number of rotatable bonds is 13. The molecule has 264 valence electrons. The Morgan fingerprint density at radius 3 is 2.31 bits per heavy atom. The van der Waals surface area contributed by atoms with E-state index in [1.54, 1.807) is 36.4 Å². The maximum absolute atomic E-state index is 13.2. The Morgan fingerprint density at radius 2 is 1.57 bits per heavy atom. The van der Waals surface area contributed by atoms with Crippen LogP contribution in [0.5, 0.6) is 17.2 Å². The van der Waals surface area contributed by atoms with Crippen LogP contribution < -0.4 is 14.9 Å². The Balaban J connectivity index is 0.905. The molecule has 0 aliphatic carbocycles. The van der Waals surface area contributed by atoms with Crippen LogP contribution in [0, 0.1) is 0 Å².